The van der Waals surface area contributed by atoms with E-state index in [1.54, 1.807) is 6.07 Å². The molecule has 1 aromatic rings. The first kappa shape index (κ1) is 11.2. The number of hydrogen-bond donors (Lipinski definition) is 1. The number of halogens is 1. The van der Waals surface area contributed by atoms with Crippen LogP contribution in [0.2, 0.25) is 0 Å². The van der Waals surface area contributed by atoms with Gasteiger partial charge in [0.25, 0.3) is 0 Å². The molecule has 0 unspecified atom stereocenters. The Morgan fingerprint density at radius 2 is 2.00 bits per heavy atom. The molecule has 1 N–H and O–H groups in total. The molecular weight excluding hydrogens is 177 g/mol. The predicted molar refractivity (Wildman–Crippen MR) is 58.0 cm³/mol. The third-order valence-electron chi connectivity index (χ3n) is 2.51. The lowest BCUT2D eigenvalue weighted by molar-refractivity contribution is 0.414. The Morgan fingerprint density at radius 1 is 1.36 bits per heavy atom. The zero-order valence-corrected chi connectivity index (χ0v) is 9.32. The van der Waals surface area contributed by atoms with Crippen molar-refractivity contribution in [1.29, 1.82) is 0 Å². The van der Waals surface area contributed by atoms with Crippen molar-refractivity contribution in [3.05, 3.63) is 35.1 Å². The van der Waals surface area contributed by atoms with E-state index in [2.05, 4.69) is 19.2 Å². The normalized spacial score (nSPS) is 11.8. The van der Waals surface area contributed by atoms with Crippen LogP contribution in [0.15, 0.2) is 18.2 Å². The summed E-state index contributed by atoms with van der Waals surface area (Å²) < 4.78 is 13.4. The highest BCUT2D eigenvalue weighted by atomic mass is 19.1. The van der Waals surface area contributed by atoms with Crippen LogP contribution in [-0.4, -0.2) is 12.6 Å². The molecule has 78 valence electrons. The minimum Gasteiger partial charge on any atom is -0.314 e. The van der Waals surface area contributed by atoms with Crippen LogP contribution in [0.4, 0.5) is 4.39 Å². The van der Waals surface area contributed by atoms with Crippen molar-refractivity contribution in [2.45, 2.75) is 32.7 Å². The van der Waals surface area contributed by atoms with Gasteiger partial charge in [-0.2, -0.15) is 0 Å². The summed E-state index contributed by atoms with van der Waals surface area (Å²) in [5.41, 5.74) is 1.83. The van der Waals surface area contributed by atoms with E-state index >= 15 is 0 Å². The van der Waals surface area contributed by atoms with Crippen LogP contribution >= 0.6 is 0 Å². The fourth-order valence-electron chi connectivity index (χ4n) is 1.40. The second-order valence-corrected chi connectivity index (χ2v) is 4.41. The molecule has 1 nitrogen and oxygen atoms in total. The average Bonchev–Trinajstić information content (AvgIpc) is 2.11. The highest BCUT2D eigenvalue weighted by molar-refractivity contribution is 5.25. The summed E-state index contributed by atoms with van der Waals surface area (Å²) in [5.74, 6) is -0.112. The van der Waals surface area contributed by atoms with Gasteiger partial charge in [0.1, 0.15) is 5.82 Å². The molecule has 0 aliphatic heterocycles. The molecule has 0 bridgehead atoms. The third kappa shape index (κ3) is 2.81. The molecular formula is C12H18FN. The minimum atomic E-state index is -0.112. The zero-order chi connectivity index (χ0) is 10.8. The Hall–Kier alpha value is -0.890. The SMILES string of the molecule is CNC(C)(C)Cc1cc(C)ccc1F. The number of likely N-dealkylation sites (N-methyl/N-ethyl adjacent to an activating group) is 1. The molecule has 0 radical (unpaired) electrons. The van der Waals surface area contributed by atoms with Gasteiger partial charge in [0, 0.05) is 5.54 Å². The second-order valence-electron chi connectivity index (χ2n) is 4.41. The predicted octanol–water partition coefficient (Wildman–Crippen LogP) is 2.67. The van der Waals surface area contributed by atoms with Crippen molar-refractivity contribution in [2.24, 2.45) is 0 Å². The van der Waals surface area contributed by atoms with Crippen molar-refractivity contribution in [2.75, 3.05) is 7.05 Å². The minimum absolute atomic E-state index is 0.0609. The molecule has 0 aromatic heterocycles. The summed E-state index contributed by atoms with van der Waals surface area (Å²) >= 11 is 0. The molecule has 0 amide bonds. The summed E-state index contributed by atoms with van der Waals surface area (Å²) in [6.45, 7) is 6.11. The maximum Gasteiger partial charge on any atom is 0.126 e. The fraction of sp³-hybridized carbons (Fsp3) is 0.500. The van der Waals surface area contributed by atoms with Crippen LogP contribution in [0.1, 0.15) is 25.0 Å². The van der Waals surface area contributed by atoms with Crippen molar-refractivity contribution < 1.29 is 4.39 Å². The second kappa shape index (κ2) is 4.09. The van der Waals surface area contributed by atoms with E-state index < -0.39 is 0 Å². The van der Waals surface area contributed by atoms with Crippen LogP contribution < -0.4 is 5.32 Å². The average molecular weight is 195 g/mol. The van der Waals surface area contributed by atoms with Crippen molar-refractivity contribution in [1.82, 2.24) is 5.32 Å². The van der Waals surface area contributed by atoms with Gasteiger partial charge in [-0.1, -0.05) is 17.7 Å². The van der Waals surface area contributed by atoms with Crippen LogP contribution in [-0.2, 0) is 6.42 Å². The molecule has 0 spiro atoms. The number of hydrogen-bond acceptors (Lipinski definition) is 1. The maximum absolute atomic E-state index is 13.4. The summed E-state index contributed by atoms with van der Waals surface area (Å²) in [5, 5.41) is 3.17. The molecule has 0 aliphatic rings. The van der Waals surface area contributed by atoms with Gasteiger partial charge in [0.2, 0.25) is 0 Å². The molecule has 0 aliphatic carbocycles. The van der Waals surface area contributed by atoms with Gasteiger partial charge in [-0.15, -0.1) is 0 Å². The molecule has 1 rings (SSSR count). The maximum atomic E-state index is 13.4. The van der Waals surface area contributed by atoms with Gasteiger partial charge >= 0.3 is 0 Å². The molecule has 0 fully saturated rings. The van der Waals surface area contributed by atoms with E-state index in [4.69, 9.17) is 0 Å². The fourth-order valence-corrected chi connectivity index (χ4v) is 1.40. The number of nitrogens with one attached hydrogen (secondary N) is 1. The lowest BCUT2D eigenvalue weighted by Crippen LogP contribution is -2.38. The van der Waals surface area contributed by atoms with Crippen LogP contribution in [0.25, 0.3) is 0 Å². The number of benzene rings is 1. The molecule has 0 saturated carbocycles. The summed E-state index contributed by atoms with van der Waals surface area (Å²) in [6, 6.07) is 5.25. The van der Waals surface area contributed by atoms with Crippen LogP contribution in [0, 0.1) is 12.7 Å². The first-order valence-electron chi connectivity index (χ1n) is 4.88. The summed E-state index contributed by atoms with van der Waals surface area (Å²) in [4.78, 5) is 0. The lowest BCUT2D eigenvalue weighted by Gasteiger charge is -2.24. The van der Waals surface area contributed by atoms with E-state index in [9.17, 15) is 4.39 Å². The molecule has 0 saturated heterocycles. The van der Waals surface area contributed by atoms with E-state index in [-0.39, 0.29) is 11.4 Å². The lowest BCUT2D eigenvalue weighted by atomic mass is 9.94. The first-order chi connectivity index (χ1) is 6.44. The van der Waals surface area contributed by atoms with Gasteiger partial charge in [0.05, 0.1) is 0 Å². The van der Waals surface area contributed by atoms with Gasteiger partial charge in [-0.25, -0.2) is 4.39 Å². The van der Waals surface area contributed by atoms with E-state index in [0.717, 1.165) is 11.1 Å². The van der Waals surface area contributed by atoms with Gasteiger partial charge in [0.15, 0.2) is 0 Å². The Balaban J connectivity index is 2.91. The highest BCUT2D eigenvalue weighted by Crippen LogP contribution is 2.16. The Labute approximate surface area is 85.3 Å². The van der Waals surface area contributed by atoms with Gasteiger partial charge in [-0.05, 0) is 45.9 Å². The molecule has 2 heteroatoms. The molecule has 14 heavy (non-hydrogen) atoms. The topological polar surface area (TPSA) is 12.0 Å². The van der Waals surface area contributed by atoms with Crippen molar-refractivity contribution in [3.63, 3.8) is 0 Å². The van der Waals surface area contributed by atoms with E-state index in [1.165, 1.54) is 6.07 Å². The summed E-state index contributed by atoms with van der Waals surface area (Å²) in [6.07, 6.45) is 0.705. The Bertz CT molecular complexity index is 318. The Morgan fingerprint density at radius 3 is 2.57 bits per heavy atom. The zero-order valence-electron chi connectivity index (χ0n) is 9.32. The molecule has 0 atom stereocenters. The largest absolute Gasteiger partial charge is 0.314 e. The summed E-state index contributed by atoms with van der Waals surface area (Å²) in [7, 11) is 1.90. The molecule has 0 heterocycles. The van der Waals surface area contributed by atoms with Crippen molar-refractivity contribution >= 4 is 0 Å². The van der Waals surface area contributed by atoms with Gasteiger partial charge in [-0.3, -0.25) is 0 Å². The smallest absolute Gasteiger partial charge is 0.126 e. The van der Waals surface area contributed by atoms with Crippen molar-refractivity contribution in [3.8, 4) is 0 Å². The van der Waals surface area contributed by atoms with E-state index in [1.807, 2.05) is 20.0 Å². The number of aryl methyl sites for hydroxylation is 1. The number of rotatable bonds is 3. The quantitative estimate of drug-likeness (QED) is 0.782. The third-order valence-corrected chi connectivity index (χ3v) is 2.51. The van der Waals surface area contributed by atoms with Crippen LogP contribution in [0.5, 0.6) is 0 Å². The molecule has 1 aromatic carbocycles. The van der Waals surface area contributed by atoms with Crippen LogP contribution in [0.3, 0.4) is 0 Å². The van der Waals surface area contributed by atoms with E-state index in [0.29, 0.717) is 6.42 Å². The van der Waals surface area contributed by atoms with Gasteiger partial charge < -0.3 is 5.32 Å². The first-order valence-corrected chi connectivity index (χ1v) is 4.88. The Kier molecular flexibility index (Phi) is 3.27. The standard InChI is InChI=1S/C12H18FN/c1-9-5-6-11(13)10(7-9)8-12(2,3)14-4/h5-7,14H,8H2,1-4H3. The monoisotopic (exact) mass is 195 g/mol. The highest BCUT2D eigenvalue weighted by Gasteiger charge is 2.17.